The van der Waals surface area contributed by atoms with E-state index in [2.05, 4.69) is 23.1 Å². The number of nitrogens with one attached hydrogen (secondary N) is 1. The first-order valence-corrected chi connectivity index (χ1v) is 13.5. The first-order chi connectivity index (χ1) is 15.9. The van der Waals surface area contributed by atoms with Gasteiger partial charge in [-0.05, 0) is 6.92 Å². The van der Waals surface area contributed by atoms with Crippen LogP contribution in [0.1, 0.15) is 11.8 Å². The van der Waals surface area contributed by atoms with Crippen molar-refractivity contribution in [1.82, 2.24) is 14.5 Å². The van der Waals surface area contributed by atoms with Gasteiger partial charge in [0, 0.05) is 6.20 Å². The van der Waals surface area contributed by atoms with Gasteiger partial charge in [-0.3, -0.25) is 13.9 Å². The standard InChI is InChI=1S/C13H17FN3O15P3/c1-4-7(18)5-2-17(13(21)16-11(5)15-10(4)14)12-9(20)8(19)6(30-12)3-29-34(25,26)32-35(27,28)31-33(22,23)24/h2,6,8-9,12,19-20H,3H2,1H3,(H,25,26)(H,27,28)(H,15,16,21)(H2,22,23,24)/t6-,8?,9+,12-/m1/s1. The normalized spacial score (nSPS) is 26.5. The molecule has 0 aliphatic carbocycles. The second-order valence-electron chi connectivity index (χ2n) is 7.02. The second-order valence-corrected chi connectivity index (χ2v) is 11.4. The van der Waals surface area contributed by atoms with E-state index in [0.717, 1.165) is 13.1 Å². The van der Waals surface area contributed by atoms with Crippen molar-refractivity contribution in [3.05, 3.63) is 38.4 Å². The number of aliphatic hydroxyl groups is 2. The van der Waals surface area contributed by atoms with Gasteiger partial charge in [-0.1, -0.05) is 0 Å². The molecule has 0 spiro atoms. The predicted molar refractivity (Wildman–Crippen MR) is 107 cm³/mol. The van der Waals surface area contributed by atoms with Gasteiger partial charge in [-0.25, -0.2) is 18.5 Å². The molecule has 0 radical (unpaired) electrons. The predicted octanol–water partition coefficient (Wildman–Crippen LogP) is -1.51. The average Bonchev–Trinajstić information content (AvgIpc) is 2.96. The van der Waals surface area contributed by atoms with Crippen LogP contribution >= 0.6 is 23.5 Å². The van der Waals surface area contributed by atoms with Crippen LogP contribution in [0, 0.1) is 12.9 Å². The number of hydrogen-bond donors (Lipinski definition) is 7. The smallest absolute Gasteiger partial charge is 0.387 e. The fraction of sp³-hybridized carbons (Fsp3) is 0.462. The van der Waals surface area contributed by atoms with Crippen LogP contribution < -0.4 is 11.1 Å². The Morgan fingerprint density at radius 2 is 1.74 bits per heavy atom. The number of H-pyrrole nitrogens is 1. The topological polar surface area (TPSA) is 277 Å². The van der Waals surface area contributed by atoms with E-state index in [9.17, 15) is 42.8 Å². The molecule has 35 heavy (non-hydrogen) atoms. The van der Waals surface area contributed by atoms with Crippen molar-refractivity contribution in [2.24, 2.45) is 0 Å². The van der Waals surface area contributed by atoms with Crippen LogP contribution in [0.15, 0.2) is 15.8 Å². The summed E-state index contributed by atoms with van der Waals surface area (Å²) in [6.45, 7) is 0.0334. The molecule has 3 heterocycles. The van der Waals surface area contributed by atoms with Crippen LogP contribution in [0.2, 0.25) is 0 Å². The molecule has 0 aromatic carbocycles. The van der Waals surface area contributed by atoms with Crippen molar-refractivity contribution in [3.8, 4) is 0 Å². The van der Waals surface area contributed by atoms with Crippen molar-refractivity contribution >= 4 is 34.5 Å². The van der Waals surface area contributed by atoms with Crippen LogP contribution in [-0.4, -0.2) is 69.2 Å². The SMILES string of the molecule is Cc1c(F)[nH]c2nc(=O)n([C@@H]3O[C@H](COP(=O)(O)OP(=O)(O)OP(=O)(O)O)C(O)[C@@H]3O)cc2c1=O. The Morgan fingerprint density at radius 3 is 2.34 bits per heavy atom. The molecule has 6 atom stereocenters. The number of ether oxygens (including phenoxy) is 1. The van der Waals surface area contributed by atoms with Crippen molar-refractivity contribution in [1.29, 1.82) is 0 Å². The summed E-state index contributed by atoms with van der Waals surface area (Å²) in [5.74, 6) is -1.02. The third-order valence-corrected chi connectivity index (χ3v) is 8.33. The molecule has 2 aromatic heterocycles. The van der Waals surface area contributed by atoms with Crippen LogP contribution in [0.5, 0.6) is 0 Å². The maximum atomic E-state index is 13.7. The Bertz CT molecular complexity index is 1400. The second kappa shape index (κ2) is 9.64. The van der Waals surface area contributed by atoms with Gasteiger partial charge < -0.3 is 39.5 Å². The molecule has 3 unspecified atom stereocenters. The molecule has 0 bridgehead atoms. The highest BCUT2D eigenvalue weighted by molar-refractivity contribution is 7.66. The molecule has 196 valence electrons. The van der Waals surface area contributed by atoms with Crippen LogP contribution in [0.4, 0.5) is 4.39 Å². The fourth-order valence-electron chi connectivity index (χ4n) is 2.98. The van der Waals surface area contributed by atoms with E-state index >= 15 is 0 Å². The van der Waals surface area contributed by atoms with Gasteiger partial charge in [0.25, 0.3) is 0 Å². The van der Waals surface area contributed by atoms with E-state index in [1.54, 1.807) is 0 Å². The highest BCUT2D eigenvalue weighted by atomic mass is 31.3. The van der Waals surface area contributed by atoms with Gasteiger partial charge in [0.05, 0.1) is 17.6 Å². The van der Waals surface area contributed by atoms with E-state index in [-0.39, 0.29) is 10.9 Å². The summed E-state index contributed by atoms with van der Waals surface area (Å²) in [6, 6.07) is 0. The lowest BCUT2D eigenvalue weighted by molar-refractivity contribution is -0.0539. The molecule has 0 saturated carbocycles. The number of pyridine rings is 1. The zero-order valence-electron chi connectivity index (χ0n) is 17.1. The third kappa shape index (κ3) is 6.36. The summed E-state index contributed by atoms with van der Waals surface area (Å²) < 4.78 is 64.8. The van der Waals surface area contributed by atoms with Crippen LogP contribution in [0.25, 0.3) is 11.0 Å². The van der Waals surface area contributed by atoms with Crippen molar-refractivity contribution in [3.63, 3.8) is 0 Å². The minimum absolute atomic E-state index is 0.273. The molecular weight excluding hydrogens is 550 g/mol. The number of halogens is 1. The lowest BCUT2D eigenvalue weighted by Crippen LogP contribution is -2.36. The Balaban J connectivity index is 1.80. The van der Waals surface area contributed by atoms with Gasteiger partial charge >= 0.3 is 29.2 Å². The van der Waals surface area contributed by atoms with E-state index < -0.39 is 77.3 Å². The highest BCUT2D eigenvalue weighted by Gasteiger charge is 2.47. The van der Waals surface area contributed by atoms with Crippen molar-refractivity contribution in [2.45, 2.75) is 31.5 Å². The molecular formula is C13H17FN3O15P3. The average molecular weight is 567 g/mol. The number of aliphatic hydroxyl groups excluding tert-OH is 2. The largest absolute Gasteiger partial charge is 0.490 e. The number of rotatable bonds is 8. The molecule has 18 nitrogen and oxygen atoms in total. The summed E-state index contributed by atoms with van der Waals surface area (Å²) in [6.07, 6.45) is -6.34. The lowest BCUT2D eigenvalue weighted by Gasteiger charge is -2.19. The summed E-state index contributed by atoms with van der Waals surface area (Å²) in [7, 11) is -17.0. The minimum Gasteiger partial charge on any atom is -0.387 e. The molecule has 1 fully saturated rings. The molecule has 2 aromatic rings. The van der Waals surface area contributed by atoms with E-state index in [1.165, 1.54) is 0 Å². The molecule has 3 rings (SSSR count). The van der Waals surface area contributed by atoms with Gasteiger partial charge in [0.2, 0.25) is 0 Å². The third-order valence-electron chi connectivity index (χ3n) is 4.52. The van der Waals surface area contributed by atoms with Gasteiger partial charge in [-0.15, -0.1) is 0 Å². The van der Waals surface area contributed by atoms with Crippen LogP contribution in [-0.2, 0) is 31.6 Å². The number of aromatic amines is 1. The van der Waals surface area contributed by atoms with Crippen molar-refractivity contribution < 1.29 is 65.8 Å². The Kier molecular flexibility index (Phi) is 7.68. The zero-order valence-corrected chi connectivity index (χ0v) is 19.7. The monoisotopic (exact) mass is 567 g/mol. The van der Waals surface area contributed by atoms with E-state index in [1.807, 2.05) is 0 Å². The Labute approximate surface area is 192 Å². The number of aromatic nitrogens is 3. The summed E-state index contributed by atoms with van der Waals surface area (Å²) in [4.78, 5) is 65.9. The Hall–Kier alpha value is -1.69. The first-order valence-electron chi connectivity index (χ1n) is 9.02. The van der Waals surface area contributed by atoms with Crippen LogP contribution in [0.3, 0.4) is 0 Å². The summed E-state index contributed by atoms with van der Waals surface area (Å²) in [5, 5.41) is 20.2. The summed E-state index contributed by atoms with van der Waals surface area (Å²) in [5.41, 5.74) is -2.72. The lowest BCUT2D eigenvalue weighted by atomic mass is 10.1. The summed E-state index contributed by atoms with van der Waals surface area (Å²) >= 11 is 0. The maximum absolute atomic E-state index is 13.7. The number of hydrogen-bond acceptors (Lipinski definition) is 12. The molecule has 1 saturated heterocycles. The highest BCUT2D eigenvalue weighted by Crippen LogP contribution is 2.66. The first kappa shape index (κ1) is 27.9. The number of phosphoric acid groups is 3. The minimum atomic E-state index is -5.79. The number of nitrogens with zero attached hydrogens (tertiary/aromatic N) is 2. The molecule has 1 aliphatic heterocycles. The van der Waals surface area contributed by atoms with Gasteiger partial charge in [0.15, 0.2) is 23.3 Å². The molecule has 1 aliphatic rings. The van der Waals surface area contributed by atoms with Crippen molar-refractivity contribution in [2.75, 3.05) is 6.61 Å². The van der Waals surface area contributed by atoms with Gasteiger partial charge in [-0.2, -0.15) is 18.0 Å². The number of fused-ring (bicyclic) bond motifs is 1. The Morgan fingerprint density at radius 1 is 1.11 bits per heavy atom. The van der Waals surface area contributed by atoms with E-state index in [4.69, 9.17) is 19.4 Å². The van der Waals surface area contributed by atoms with E-state index in [0.29, 0.717) is 4.57 Å². The molecule has 7 N–H and O–H groups in total. The maximum Gasteiger partial charge on any atom is 0.490 e. The zero-order chi connectivity index (χ0) is 26.5. The fourth-order valence-corrected chi connectivity index (χ4v) is 6.01. The quantitative estimate of drug-likeness (QED) is 0.141. The molecule has 0 amide bonds. The molecule has 22 heteroatoms. The number of phosphoric ester groups is 1. The van der Waals surface area contributed by atoms with Gasteiger partial charge in [0.1, 0.15) is 18.3 Å².